The molecule has 0 radical (unpaired) electrons. The smallest absolute Gasteiger partial charge is 0.308 e. The van der Waals surface area contributed by atoms with Crippen LogP contribution in [0.1, 0.15) is 60.3 Å². The maximum absolute atomic E-state index is 14.5. The molecule has 1 fully saturated rings. The van der Waals surface area contributed by atoms with Gasteiger partial charge in [-0.3, -0.25) is 24.0 Å². The Morgan fingerprint density at radius 1 is 0.915 bits per heavy atom. The van der Waals surface area contributed by atoms with Gasteiger partial charge in [0.2, 0.25) is 12.0 Å². The van der Waals surface area contributed by atoms with Crippen LogP contribution in [0.3, 0.4) is 0 Å². The Bertz CT molecular complexity index is 1640. The van der Waals surface area contributed by atoms with Gasteiger partial charge in [-0.15, -0.1) is 11.8 Å². The fraction of sp³-hybridized carbons (Fsp3) is 0.361. The zero-order valence-electron chi connectivity index (χ0n) is 27.5. The number of nitrogens with one attached hydrogen (secondary N) is 2. The molecular weight excluding hydrogens is 618 g/mol. The number of rotatable bonds is 11. The number of amides is 3. The van der Waals surface area contributed by atoms with Crippen LogP contribution < -0.4 is 15.4 Å². The molecule has 47 heavy (non-hydrogen) atoms. The molecule has 0 saturated carbocycles. The summed E-state index contributed by atoms with van der Waals surface area (Å²) < 4.78 is 10.3. The molecule has 248 valence electrons. The van der Waals surface area contributed by atoms with Crippen molar-refractivity contribution in [3.05, 3.63) is 101 Å². The number of esters is 2. The number of nitrogens with zero attached hydrogens (tertiary/aromatic N) is 1. The van der Waals surface area contributed by atoms with E-state index in [0.29, 0.717) is 5.56 Å². The molecule has 0 bridgehead atoms. The lowest BCUT2D eigenvalue weighted by atomic mass is 9.96. The van der Waals surface area contributed by atoms with E-state index in [1.54, 1.807) is 25.1 Å². The first-order valence-corrected chi connectivity index (χ1v) is 16.3. The fourth-order valence-corrected chi connectivity index (χ4v) is 6.76. The molecule has 3 amide bonds. The number of ether oxygens (including phenoxy) is 2. The highest BCUT2D eigenvalue weighted by Crippen LogP contribution is 2.40. The van der Waals surface area contributed by atoms with Gasteiger partial charge in [-0.2, -0.15) is 0 Å². The van der Waals surface area contributed by atoms with Gasteiger partial charge in [-0.25, -0.2) is 0 Å². The second-order valence-corrected chi connectivity index (χ2v) is 13.7. The summed E-state index contributed by atoms with van der Waals surface area (Å²) in [6.45, 7) is 10.2. The maximum atomic E-state index is 14.5. The lowest BCUT2D eigenvalue weighted by Crippen LogP contribution is -2.59. The number of aryl methyl sites for hydroxylation is 1. The quantitative estimate of drug-likeness (QED) is 0.227. The molecule has 1 saturated heterocycles. The van der Waals surface area contributed by atoms with Crippen LogP contribution in [-0.2, 0) is 36.9 Å². The molecular formula is C36H41N3O7S. The van der Waals surface area contributed by atoms with Crippen LogP contribution in [0.5, 0.6) is 5.75 Å². The highest BCUT2D eigenvalue weighted by molar-refractivity contribution is 8.00. The van der Waals surface area contributed by atoms with Gasteiger partial charge in [-0.05, 0) is 62.9 Å². The molecule has 3 aromatic carbocycles. The van der Waals surface area contributed by atoms with E-state index in [1.165, 1.54) is 30.5 Å². The van der Waals surface area contributed by atoms with Crippen LogP contribution >= 0.6 is 11.8 Å². The molecule has 11 heteroatoms. The van der Waals surface area contributed by atoms with Gasteiger partial charge >= 0.3 is 11.9 Å². The molecule has 2 N–H and O–H groups in total. The maximum Gasteiger partial charge on any atom is 0.308 e. The summed E-state index contributed by atoms with van der Waals surface area (Å²) in [6, 6.07) is 19.8. The first-order chi connectivity index (χ1) is 22.3. The van der Waals surface area contributed by atoms with Crippen molar-refractivity contribution in [3.63, 3.8) is 0 Å². The SMILES string of the molecule is CC(=O)Oc1cccc(C(=O)NC(Cc2ccccc2)C(OC(C)=O)C(=O)N2CSC(C)(C)C2C(=O)NCc2ccccc2C)c1C. The van der Waals surface area contributed by atoms with Crippen molar-refractivity contribution in [1.82, 2.24) is 15.5 Å². The van der Waals surface area contributed by atoms with Gasteiger partial charge in [-0.1, -0.05) is 60.7 Å². The average Bonchev–Trinajstić information content (AvgIpc) is 3.34. The van der Waals surface area contributed by atoms with E-state index in [2.05, 4.69) is 10.6 Å². The van der Waals surface area contributed by atoms with E-state index in [0.717, 1.165) is 16.7 Å². The summed E-state index contributed by atoms with van der Waals surface area (Å²) >= 11 is 1.44. The zero-order valence-corrected chi connectivity index (χ0v) is 28.3. The van der Waals surface area contributed by atoms with Gasteiger partial charge in [0.25, 0.3) is 11.8 Å². The van der Waals surface area contributed by atoms with Crippen LogP contribution in [0, 0.1) is 13.8 Å². The summed E-state index contributed by atoms with van der Waals surface area (Å²) in [6.07, 6.45) is -1.30. The van der Waals surface area contributed by atoms with E-state index in [4.69, 9.17) is 9.47 Å². The third-order valence-electron chi connectivity index (χ3n) is 8.09. The minimum atomic E-state index is -1.45. The molecule has 4 rings (SSSR count). The normalized spacial score (nSPS) is 16.5. The Kier molecular flexibility index (Phi) is 11.5. The molecule has 1 heterocycles. The first kappa shape index (κ1) is 35.2. The topological polar surface area (TPSA) is 131 Å². The van der Waals surface area contributed by atoms with E-state index < -0.39 is 46.7 Å². The van der Waals surface area contributed by atoms with Crippen LogP contribution in [0.15, 0.2) is 72.8 Å². The molecule has 1 aliphatic heterocycles. The van der Waals surface area contributed by atoms with Gasteiger partial charge in [0.15, 0.2) is 0 Å². The summed E-state index contributed by atoms with van der Waals surface area (Å²) in [5.41, 5.74) is 3.43. The number of carbonyl (C=O) groups is 5. The number of thioether (sulfide) groups is 1. The fourth-order valence-electron chi connectivity index (χ4n) is 5.62. The van der Waals surface area contributed by atoms with Gasteiger partial charge < -0.3 is 25.0 Å². The molecule has 0 aromatic heterocycles. The summed E-state index contributed by atoms with van der Waals surface area (Å²) in [7, 11) is 0. The van der Waals surface area contributed by atoms with E-state index in [9.17, 15) is 24.0 Å². The van der Waals surface area contributed by atoms with Crippen LogP contribution in [0.4, 0.5) is 0 Å². The Hall–Kier alpha value is -4.64. The molecule has 0 aliphatic carbocycles. The lowest BCUT2D eigenvalue weighted by Gasteiger charge is -2.34. The van der Waals surface area contributed by atoms with Crippen molar-refractivity contribution in [3.8, 4) is 5.75 Å². The second-order valence-electron chi connectivity index (χ2n) is 12.1. The van der Waals surface area contributed by atoms with Crippen LogP contribution in [0.25, 0.3) is 0 Å². The van der Waals surface area contributed by atoms with Crippen molar-refractivity contribution < 1.29 is 33.4 Å². The molecule has 3 atom stereocenters. The molecule has 0 spiro atoms. The third-order valence-corrected chi connectivity index (χ3v) is 9.47. The van der Waals surface area contributed by atoms with Crippen molar-refractivity contribution in [2.45, 2.75) is 77.4 Å². The standard InChI is InChI=1S/C36H41N3O7S/c1-22-13-10-11-16-27(22)20-37-34(43)32-36(5,6)47-21-39(32)35(44)31(46-25(4)41)29(19-26-14-8-7-9-15-26)38-33(42)28-17-12-18-30(23(28)2)45-24(3)40/h7-18,29,31-32H,19-21H2,1-6H3,(H,37,43)(H,38,42). The molecule has 3 unspecified atom stereocenters. The Morgan fingerprint density at radius 2 is 1.60 bits per heavy atom. The van der Waals surface area contributed by atoms with Crippen LogP contribution in [-0.4, -0.2) is 63.4 Å². The van der Waals surface area contributed by atoms with Crippen molar-refractivity contribution in [2.75, 3.05) is 5.88 Å². The largest absolute Gasteiger partial charge is 0.450 e. The highest BCUT2D eigenvalue weighted by atomic mass is 32.2. The predicted molar refractivity (Wildman–Crippen MR) is 180 cm³/mol. The minimum Gasteiger partial charge on any atom is -0.450 e. The highest BCUT2D eigenvalue weighted by Gasteiger charge is 2.50. The monoisotopic (exact) mass is 659 g/mol. The number of hydrogen-bond donors (Lipinski definition) is 2. The van der Waals surface area contributed by atoms with Gasteiger partial charge in [0, 0.05) is 36.3 Å². The average molecular weight is 660 g/mol. The summed E-state index contributed by atoms with van der Waals surface area (Å²) in [5, 5.41) is 5.91. The van der Waals surface area contributed by atoms with Crippen molar-refractivity contribution in [1.29, 1.82) is 0 Å². The molecule has 3 aromatic rings. The van der Waals surface area contributed by atoms with Gasteiger partial charge in [0.05, 0.1) is 11.9 Å². The second kappa shape index (κ2) is 15.3. The number of benzene rings is 3. The number of hydrogen-bond acceptors (Lipinski definition) is 8. The molecule has 1 aliphatic rings. The van der Waals surface area contributed by atoms with E-state index in [1.807, 2.05) is 75.4 Å². The number of carbonyl (C=O) groups excluding carboxylic acids is 5. The van der Waals surface area contributed by atoms with Crippen molar-refractivity contribution in [2.24, 2.45) is 0 Å². The molecule has 10 nitrogen and oxygen atoms in total. The summed E-state index contributed by atoms with van der Waals surface area (Å²) in [5.74, 6) is -2.31. The predicted octanol–water partition coefficient (Wildman–Crippen LogP) is 4.50. The van der Waals surface area contributed by atoms with Crippen molar-refractivity contribution >= 4 is 41.4 Å². The van der Waals surface area contributed by atoms with E-state index in [-0.39, 0.29) is 36.1 Å². The Morgan fingerprint density at radius 3 is 2.26 bits per heavy atom. The lowest BCUT2D eigenvalue weighted by molar-refractivity contribution is -0.162. The summed E-state index contributed by atoms with van der Waals surface area (Å²) in [4.78, 5) is 67.5. The first-order valence-electron chi connectivity index (χ1n) is 15.3. The van der Waals surface area contributed by atoms with Gasteiger partial charge in [0.1, 0.15) is 11.8 Å². The Balaban J connectivity index is 1.67. The van der Waals surface area contributed by atoms with E-state index >= 15 is 0 Å². The zero-order chi connectivity index (χ0) is 34.3. The van der Waals surface area contributed by atoms with Crippen LogP contribution in [0.2, 0.25) is 0 Å². The minimum absolute atomic E-state index is 0.146. The Labute approximate surface area is 279 Å². The third kappa shape index (κ3) is 8.79.